The third kappa shape index (κ3) is 4.22. The number of nitrogens with zero attached hydrogens (tertiary/aromatic N) is 1. The lowest BCUT2D eigenvalue weighted by atomic mass is 10.3. The molecule has 0 atom stereocenters. The molecule has 1 heterocycles. The van der Waals surface area contributed by atoms with E-state index in [-0.39, 0.29) is 19.1 Å². The smallest absolute Gasteiger partial charge is 0.262 e. The van der Waals surface area contributed by atoms with E-state index in [0.717, 1.165) is 0 Å². The van der Waals surface area contributed by atoms with Crippen LogP contribution in [-0.2, 0) is 11.4 Å². The number of aromatic nitrogens is 1. The second kappa shape index (κ2) is 6.88. The highest BCUT2D eigenvalue weighted by atomic mass is 35.5. The Balaban J connectivity index is 1.85. The normalized spacial score (nSPS) is 10.1. The molecular formula is C14H13ClN2O3. The number of anilines is 1. The van der Waals surface area contributed by atoms with Gasteiger partial charge < -0.3 is 15.2 Å². The molecule has 20 heavy (non-hydrogen) atoms. The molecule has 1 amide bonds. The molecule has 1 aromatic carbocycles. The van der Waals surface area contributed by atoms with Crippen molar-refractivity contribution >= 4 is 23.2 Å². The average molecular weight is 293 g/mol. The fourth-order valence-corrected chi connectivity index (χ4v) is 1.69. The van der Waals surface area contributed by atoms with Gasteiger partial charge in [-0.15, -0.1) is 0 Å². The van der Waals surface area contributed by atoms with E-state index < -0.39 is 0 Å². The quantitative estimate of drug-likeness (QED) is 0.886. The summed E-state index contributed by atoms with van der Waals surface area (Å²) >= 11 is 5.82. The zero-order chi connectivity index (χ0) is 14.4. The number of hydrogen-bond acceptors (Lipinski definition) is 4. The number of hydrogen-bond donors (Lipinski definition) is 2. The van der Waals surface area contributed by atoms with Gasteiger partial charge in [0, 0.05) is 10.7 Å². The van der Waals surface area contributed by atoms with Crippen LogP contribution in [0.1, 0.15) is 5.69 Å². The number of carbonyl (C=O) groups is 1. The second-order valence-electron chi connectivity index (χ2n) is 3.99. The summed E-state index contributed by atoms with van der Waals surface area (Å²) in [6.45, 7) is -0.262. The van der Waals surface area contributed by atoms with Gasteiger partial charge in [0.15, 0.2) is 6.61 Å². The maximum atomic E-state index is 11.7. The Labute approximate surface area is 121 Å². The number of ether oxygens (including phenoxy) is 1. The molecule has 2 rings (SSSR count). The minimum atomic E-state index is -0.293. The number of rotatable bonds is 5. The van der Waals surface area contributed by atoms with Crippen molar-refractivity contribution in [3.8, 4) is 5.75 Å². The first kappa shape index (κ1) is 14.3. The van der Waals surface area contributed by atoms with Crippen LogP contribution in [0.3, 0.4) is 0 Å². The number of pyridine rings is 1. The Kier molecular flexibility index (Phi) is 4.92. The van der Waals surface area contributed by atoms with E-state index >= 15 is 0 Å². The summed E-state index contributed by atoms with van der Waals surface area (Å²) in [6, 6.07) is 10.1. The van der Waals surface area contributed by atoms with Gasteiger partial charge in [0.25, 0.3) is 5.91 Å². The first-order chi connectivity index (χ1) is 9.67. The molecule has 0 radical (unpaired) electrons. The lowest BCUT2D eigenvalue weighted by Crippen LogP contribution is -2.20. The van der Waals surface area contributed by atoms with Crippen molar-refractivity contribution in [1.29, 1.82) is 0 Å². The number of carbonyl (C=O) groups excluding carboxylic acids is 1. The SMILES string of the molecule is O=C(COc1ccc(CO)nc1)Nc1cccc(Cl)c1. The third-order valence-electron chi connectivity index (χ3n) is 2.44. The van der Waals surface area contributed by atoms with Crippen LogP contribution in [0, 0.1) is 0 Å². The molecular weight excluding hydrogens is 280 g/mol. The van der Waals surface area contributed by atoms with E-state index in [9.17, 15) is 4.79 Å². The fourth-order valence-electron chi connectivity index (χ4n) is 1.50. The second-order valence-corrected chi connectivity index (χ2v) is 4.43. The van der Waals surface area contributed by atoms with E-state index in [4.69, 9.17) is 21.4 Å². The Morgan fingerprint density at radius 3 is 2.85 bits per heavy atom. The van der Waals surface area contributed by atoms with Gasteiger partial charge in [-0.2, -0.15) is 0 Å². The van der Waals surface area contributed by atoms with E-state index in [0.29, 0.717) is 22.2 Å². The number of halogens is 1. The fraction of sp³-hybridized carbons (Fsp3) is 0.143. The van der Waals surface area contributed by atoms with Crippen LogP contribution in [-0.4, -0.2) is 22.6 Å². The maximum Gasteiger partial charge on any atom is 0.262 e. The van der Waals surface area contributed by atoms with Crippen LogP contribution in [0.25, 0.3) is 0 Å². The number of aliphatic hydroxyl groups is 1. The predicted octanol–water partition coefficient (Wildman–Crippen LogP) is 2.24. The highest BCUT2D eigenvalue weighted by Gasteiger charge is 2.04. The summed E-state index contributed by atoms with van der Waals surface area (Å²) in [7, 11) is 0. The van der Waals surface area contributed by atoms with Gasteiger partial charge >= 0.3 is 0 Å². The number of benzene rings is 1. The third-order valence-corrected chi connectivity index (χ3v) is 2.67. The first-order valence-electron chi connectivity index (χ1n) is 5.91. The average Bonchev–Trinajstić information content (AvgIpc) is 2.46. The van der Waals surface area contributed by atoms with Crippen molar-refractivity contribution in [3.05, 3.63) is 53.3 Å². The van der Waals surface area contributed by atoms with E-state index in [1.165, 1.54) is 6.20 Å². The lowest BCUT2D eigenvalue weighted by molar-refractivity contribution is -0.118. The van der Waals surface area contributed by atoms with Gasteiger partial charge in [0.1, 0.15) is 5.75 Å². The van der Waals surface area contributed by atoms with Crippen LogP contribution in [0.2, 0.25) is 5.02 Å². The van der Waals surface area contributed by atoms with Crippen molar-refractivity contribution in [1.82, 2.24) is 4.98 Å². The Hall–Kier alpha value is -2.11. The van der Waals surface area contributed by atoms with Crippen molar-refractivity contribution in [2.24, 2.45) is 0 Å². The molecule has 0 fully saturated rings. The molecule has 0 aliphatic carbocycles. The van der Waals surface area contributed by atoms with E-state index in [2.05, 4.69) is 10.3 Å². The Bertz CT molecular complexity index is 587. The van der Waals surface area contributed by atoms with Crippen LogP contribution in [0.4, 0.5) is 5.69 Å². The van der Waals surface area contributed by atoms with Crippen LogP contribution in [0.5, 0.6) is 5.75 Å². The number of nitrogens with one attached hydrogen (secondary N) is 1. The number of aliphatic hydroxyl groups excluding tert-OH is 1. The summed E-state index contributed by atoms with van der Waals surface area (Å²) < 4.78 is 5.28. The van der Waals surface area contributed by atoms with Gasteiger partial charge in [-0.25, -0.2) is 0 Å². The Morgan fingerprint density at radius 2 is 2.20 bits per heavy atom. The van der Waals surface area contributed by atoms with Gasteiger partial charge in [-0.1, -0.05) is 17.7 Å². The molecule has 2 N–H and O–H groups in total. The largest absolute Gasteiger partial charge is 0.482 e. The van der Waals surface area contributed by atoms with Gasteiger partial charge in [-0.05, 0) is 30.3 Å². The monoisotopic (exact) mass is 292 g/mol. The molecule has 104 valence electrons. The van der Waals surface area contributed by atoms with Crippen molar-refractivity contribution in [3.63, 3.8) is 0 Å². The summed E-state index contributed by atoms with van der Waals surface area (Å²) in [4.78, 5) is 15.6. The van der Waals surface area contributed by atoms with Crippen molar-refractivity contribution < 1.29 is 14.6 Å². The lowest BCUT2D eigenvalue weighted by Gasteiger charge is -2.07. The molecule has 0 spiro atoms. The minimum Gasteiger partial charge on any atom is -0.482 e. The molecule has 0 unspecified atom stereocenters. The standard InChI is InChI=1S/C14H13ClN2O3/c15-10-2-1-3-11(6-10)17-14(19)9-20-13-5-4-12(8-18)16-7-13/h1-7,18H,8-9H2,(H,17,19). The molecule has 1 aromatic heterocycles. The van der Waals surface area contributed by atoms with Gasteiger partial charge in [0.05, 0.1) is 18.5 Å². The molecule has 5 nitrogen and oxygen atoms in total. The summed E-state index contributed by atoms with van der Waals surface area (Å²) in [5.74, 6) is 0.168. The maximum absolute atomic E-state index is 11.7. The zero-order valence-corrected chi connectivity index (χ0v) is 11.3. The van der Waals surface area contributed by atoms with Crippen LogP contribution < -0.4 is 10.1 Å². The molecule has 0 saturated carbocycles. The van der Waals surface area contributed by atoms with Gasteiger partial charge in [-0.3, -0.25) is 9.78 Å². The van der Waals surface area contributed by atoms with Crippen LogP contribution >= 0.6 is 11.6 Å². The minimum absolute atomic E-state index is 0.129. The molecule has 2 aromatic rings. The summed E-state index contributed by atoms with van der Waals surface area (Å²) in [6.07, 6.45) is 1.46. The highest BCUT2D eigenvalue weighted by molar-refractivity contribution is 6.30. The van der Waals surface area contributed by atoms with Gasteiger partial charge in [0.2, 0.25) is 0 Å². The molecule has 0 saturated heterocycles. The topological polar surface area (TPSA) is 71.5 Å². The van der Waals surface area contributed by atoms with Crippen LogP contribution in [0.15, 0.2) is 42.6 Å². The molecule has 0 aliphatic rings. The van der Waals surface area contributed by atoms with Crippen molar-refractivity contribution in [2.75, 3.05) is 11.9 Å². The highest BCUT2D eigenvalue weighted by Crippen LogP contribution is 2.15. The molecule has 0 aliphatic heterocycles. The number of amides is 1. The van der Waals surface area contributed by atoms with E-state index in [1.54, 1.807) is 36.4 Å². The zero-order valence-electron chi connectivity index (χ0n) is 10.5. The molecule has 0 bridgehead atoms. The summed E-state index contributed by atoms with van der Waals surface area (Å²) in [5.41, 5.74) is 1.15. The van der Waals surface area contributed by atoms with E-state index in [1.807, 2.05) is 0 Å². The predicted molar refractivity (Wildman–Crippen MR) is 75.7 cm³/mol. The molecule has 6 heteroatoms. The summed E-state index contributed by atoms with van der Waals surface area (Å²) in [5, 5.41) is 12.1. The first-order valence-corrected chi connectivity index (χ1v) is 6.29. The van der Waals surface area contributed by atoms with Crippen molar-refractivity contribution in [2.45, 2.75) is 6.61 Å². The Morgan fingerprint density at radius 1 is 1.35 bits per heavy atom.